The van der Waals surface area contributed by atoms with Gasteiger partial charge in [0.05, 0.1) is 0 Å². The van der Waals surface area contributed by atoms with Crippen molar-refractivity contribution in [2.24, 2.45) is 0 Å². The first kappa shape index (κ1) is 13.3. The van der Waals surface area contributed by atoms with Gasteiger partial charge >= 0.3 is 11.7 Å². The number of nitrogens with one attached hydrogen (secondary N) is 1. The van der Waals surface area contributed by atoms with Crippen LogP contribution in [0.1, 0.15) is 12.8 Å². The molecule has 2 unspecified atom stereocenters. The van der Waals surface area contributed by atoms with Crippen molar-refractivity contribution in [2.45, 2.75) is 24.9 Å². The quantitative estimate of drug-likeness (QED) is 0.812. The Morgan fingerprint density at radius 2 is 1.91 bits per heavy atom. The van der Waals surface area contributed by atoms with E-state index in [0.717, 1.165) is 18.2 Å². The summed E-state index contributed by atoms with van der Waals surface area (Å²) in [6.07, 6.45) is 1.86. The van der Waals surface area contributed by atoms with Crippen LogP contribution >= 0.6 is 0 Å². The van der Waals surface area contributed by atoms with Gasteiger partial charge in [0.1, 0.15) is 11.3 Å². The largest absolute Gasteiger partial charge is 0.423 e. The van der Waals surface area contributed by atoms with E-state index in [2.05, 4.69) is 5.32 Å². The third-order valence-electron chi connectivity index (χ3n) is 4.27. The van der Waals surface area contributed by atoms with Crippen LogP contribution in [0.5, 0.6) is 5.75 Å². The van der Waals surface area contributed by atoms with Crippen molar-refractivity contribution in [2.75, 3.05) is 13.1 Å². The van der Waals surface area contributed by atoms with E-state index < -0.39 is 5.63 Å². The summed E-state index contributed by atoms with van der Waals surface area (Å²) < 4.78 is 10.5. The monoisotopic (exact) mass is 300 g/mol. The molecule has 2 aromatic rings. The van der Waals surface area contributed by atoms with Gasteiger partial charge in [0.25, 0.3) is 0 Å². The minimum atomic E-state index is -0.422. The van der Waals surface area contributed by atoms with Crippen molar-refractivity contribution < 1.29 is 13.9 Å². The highest BCUT2D eigenvalue weighted by molar-refractivity contribution is 5.79. The third-order valence-corrected chi connectivity index (χ3v) is 4.27. The zero-order valence-corrected chi connectivity index (χ0v) is 12.0. The average Bonchev–Trinajstić information content (AvgIpc) is 2.85. The molecule has 0 saturated carbocycles. The zero-order chi connectivity index (χ0) is 15.1. The number of hydrogen-bond donors (Lipinski definition) is 1. The first-order chi connectivity index (χ1) is 10.7. The van der Waals surface area contributed by atoms with Crippen LogP contribution < -0.4 is 15.7 Å². The highest BCUT2D eigenvalue weighted by Gasteiger charge is 2.35. The second kappa shape index (κ2) is 5.14. The van der Waals surface area contributed by atoms with Crippen molar-refractivity contribution in [3.63, 3.8) is 0 Å². The Hall–Kier alpha value is -2.34. The summed E-state index contributed by atoms with van der Waals surface area (Å²) in [7, 11) is 0. The number of nitrogens with zero attached hydrogens (tertiary/aromatic N) is 1. The number of ether oxygens (including phenoxy) is 1. The van der Waals surface area contributed by atoms with E-state index in [4.69, 9.17) is 9.15 Å². The SMILES string of the molecule is O=C(Oc1ccc2ccc(=O)oc2c1)N1CC2CCC(C1)N2. The van der Waals surface area contributed by atoms with Gasteiger partial charge < -0.3 is 19.4 Å². The Balaban J connectivity index is 1.53. The number of amides is 1. The van der Waals surface area contributed by atoms with Gasteiger partial charge in [-0.3, -0.25) is 0 Å². The molecular formula is C16H16N2O4. The van der Waals surface area contributed by atoms with Crippen LogP contribution in [0.2, 0.25) is 0 Å². The molecule has 3 heterocycles. The number of piperazine rings is 1. The molecule has 1 amide bonds. The second-order valence-electron chi connectivity index (χ2n) is 5.86. The fourth-order valence-electron chi connectivity index (χ4n) is 3.22. The number of carbonyl (C=O) groups excluding carboxylic acids is 1. The molecular weight excluding hydrogens is 284 g/mol. The molecule has 4 rings (SSSR count). The van der Waals surface area contributed by atoms with Crippen molar-refractivity contribution in [1.82, 2.24) is 10.2 Å². The molecule has 2 saturated heterocycles. The Morgan fingerprint density at radius 3 is 2.68 bits per heavy atom. The van der Waals surface area contributed by atoms with Gasteiger partial charge in [0.15, 0.2) is 0 Å². The van der Waals surface area contributed by atoms with Crippen LogP contribution in [-0.2, 0) is 0 Å². The van der Waals surface area contributed by atoms with Crippen LogP contribution in [0.4, 0.5) is 4.79 Å². The van der Waals surface area contributed by atoms with Crippen LogP contribution in [0.3, 0.4) is 0 Å². The van der Waals surface area contributed by atoms with E-state index in [-0.39, 0.29) is 6.09 Å². The maximum Gasteiger partial charge on any atom is 0.415 e. The number of fused-ring (bicyclic) bond motifs is 3. The minimum absolute atomic E-state index is 0.351. The zero-order valence-electron chi connectivity index (χ0n) is 12.0. The van der Waals surface area contributed by atoms with E-state index in [0.29, 0.717) is 36.5 Å². The summed E-state index contributed by atoms with van der Waals surface area (Å²) in [5.74, 6) is 0.387. The lowest BCUT2D eigenvalue weighted by molar-refractivity contribution is 0.134. The van der Waals surface area contributed by atoms with E-state index in [9.17, 15) is 9.59 Å². The van der Waals surface area contributed by atoms with Crippen LogP contribution in [0.15, 0.2) is 39.5 Å². The van der Waals surface area contributed by atoms with Crippen molar-refractivity contribution in [1.29, 1.82) is 0 Å². The summed E-state index contributed by atoms with van der Waals surface area (Å²) in [6.45, 7) is 1.36. The average molecular weight is 300 g/mol. The van der Waals surface area contributed by atoms with Crippen LogP contribution in [0, 0.1) is 0 Å². The molecule has 1 N–H and O–H groups in total. The van der Waals surface area contributed by atoms with Gasteiger partial charge in [0, 0.05) is 42.7 Å². The number of benzene rings is 1. The summed E-state index contributed by atoms with van der Waals surface area (Å²) in [5.41, 5.74) is -0.00663. The fourth-order valence-corrected chi connectivity index (χ4v) is 3.22. The second-order valence-corrected chi connectivity index (χ2v) is 5.86. The smallest absolute Gasteiger partial charge is 0.415 e. The van der Waals surface area contributed by atoms with Crippen molar-refractivity contribution in [3.8, 4) is 5.75 Å². The maximum atomic E-state index is 12.3. The number of carbonyl (C=O) groups is 1. The molecule has 2 fully saturated rings. The minimum Gasteiger partial charge on any atom is -0.423 e. The van der Waals surface area contributed by atoms with Gasteiger partial charge in [-0.05, 0) is 31.0 Å². The summed E-state index contributed by atoms with van der Waals surface area (Å²) in [6, 6.07) is 8.85. The third kappa shape index (κ3) is 2.46. The van der Waals surface area contributed by atoms with Crippen LogP contribution in [0.25, 0.3) is 11.0 Å². The van der Waals surface area contributed by atoms with Crippen molar-refractivity contribution >= 4 is 17.1 Å². The van der Waals surface area contributed by atoms with Gasteiger partial charge in [-0.25, -0.2) is 9.59 Å². The number of likely N-dealkylation sites (tertiary alicyclic amines) is 1. The lowest BCUT2D eigenvalue weighted by atomic mass is 10.2. The van der Waals surface area contributed by atoms with E-state index in [1.165, 1.54) is 6.07 Å². The predicted octanol–water partition coefficient (Wildman–Crippen LogP) is 1.73. The first-order valence-corrected chi connectivity index (χ1v) is 7.44. The van der Waals surface area contributed by atoms with E-state index in [1.807, 2.05) is 0 Å². The lowest BCUT2D eigenvalue weighted by Gasteiger charge is -2.31. The molecule has 1 aromatic carbocycles. The Labute approximate surface area is 126 Å². The molecule has 1 aromatic heterocycles. The molecule has 6 nitrogen and oxygen atoms in total. The van der Waals surface area contributed by atoms with Gasteiger partial charge in [-0.15, -0.1) is 0 Å². The Bertz CT molecular complexity index is 773. The highest BCUT2D eigenvalue weighted by Crippen LogP contribution is 2.23. The topological polar surface area (TPSA) is 71.8 Å². The normalized spacial score (nSPS) is 23.7. The van der Waals surface area contributed by atoms with E-state index >= 15 is 0 Å². The molecule has 2 aliphatic heterocycles. The molecule has 22 heavy (non-hydrogen) atoms. The highest BCUT2D eigenvalue weighted by atomic mass is 16.6. The predicted molar refractivity (Wildman–Crippen MR) is 80.0 cm³/mol. The number of rotatable bonds is 1. The molecule has 2 bridgehead atoms. The van der Waals surface area contributed by atoms with Gasteiger partial charge in [-0.1, -0.05) is 0 Å². The molecule has 2 aliphatic rings. The van der Waals surface area contributed by atoms with Crippen LogP contribution in [-0.4, -0.2) is 36.2 Å². The van der Waals surface area contributed by atoms with Gasteiger partial charge in [-0.2, -0.15) is 0 Å². The molecule has 2 atom stereocenters. The molecule has 114 valence electrons. The standard InChI is InChI=1S/C16H16N2O4/c19-15-6-2-10-1-5-13(7-14(10)22-15)21-16(20)18-8-11-3-4-12(9-18)17-11/h1-2,5-7,11-12,17H,3-4,8-9H2. The molecule has 0 spiro atoms. The molecule has 0 aliphatic carbocycles. The summed E-state index contributed by atoms with van der Waals surface area (Å²) in [4.78, 5) is 25.3. The summed E-state index contributed by atoms with van der Waals surface area (Å²) >= 11 is 0. The Kier molecular flexibility index (Phi) is 3.11. The van der Waals surface area contributed by atoms with Crippen molar-refractivity contribution in [3.05, 3.63) is 40.8 Å². The summed E-state index contributed by atoms with van der Waals surface area (Å²) in [5, 5.41) is 4.26. The fraction of sp³-hybridized carbons (Fsp3) is 0.375. The lowest BCUT2D eigenvalue weighted by Crippen LogP contribution is -2.53. The van der Waals surface area contributed by atoms with E-state index in [1.54, 1.807) is 29.2 Å². The molecule has 0 radical (unpaired) electrons. The van der Waals surface area contributed by atoms with Gasteiger partial charge in [0.2, 0.25) is 0 Å². The number of hydrogen-bond acceptors (Lipinski definition) is 5. The Morgan fingerprint density at radius 1 is 1.18 bits per heavy atom. The molecule has 6 heteroatoms. The maximum absolute atomic E-state index is 12.3. The first-order valence-electron chi connectivity index (χ1n) is 7.44.